The number of rotatable bonds is 6. The lowest BCUT2D eigenvalue weighted by molar-refractivity contribution is -0.142. The molecule has 3 N–H and O–H groups in total. The van der Waals surface area contributed by atoms with Crippen molar-refractivity contribution < 1.29 is 23.2 Å². The summed E-state index contributed by atoms with van der Waals surface area (Å²) in [6.45, 7) is 0.0333. The van der Waals surface area contributed by atoms with E-state index in [0.29, 0.717) is 48.8 Å². The number of halogens is 2. The van der Waals surface area contributed by atoms with Crippen molar-refractivity contribution in [3.05, 3.63) is 88.6 Å². The van der Waals surface area contributed by atoms with Gasteiger partial charge in [-0.25, -0.2) is 13.8 Å². The molecule has 10 heteroatoms. The van der Waals surface area contributed by atoms with Gasteiger partial charge in [-0.3, -0.25) is 14.4 Å². The van der Waals surface area contributed by atoms with Crippen molar-refractivity contribution in [2.24, 2.45) is 5.92 Å². The number of hydrogen-bond donors (Lipinski definition) is 3. The zero-order valence-electron chi connectivity index (χ0n) is 24.4. The number of amides is 3. The van der Waals surface area contributed by atoms with Gasteiger partial charge in [0.2, 0.25) is 17.7 Å². The van der Waals surface area contributed by atoms with Crippen molar-refractivity contribution in [2.45, 2.75) is 68.9 Å². The van der Waals surface area contributed by atoms with E-state index in [0.717, 1.165) is 48.4 Å². The Balaban J connectivity index is 1.09. The standard InChI is InChI=1S/C34H35F2N5O3/c35-24-12-22(13-25(36)15-24)29-18-38-28(11-20-5-2-1-3-6-20)32(43)41(29)19-30(42)39-26-9-8-21-16-34(17-23(21)14-26)27-7-4-10-37-31(27)40-33(34)44/h4,7-10,12-15,20,28-29,38H,1-3,5-6,11,16-19H2,(H,39,42)(H,37,40,44). The third-order valence-electron chi connectivity index (χ3n) is 9.86. The van der Waals surface area contributed by atoms with Gasteiger partial charge in [0.15, 0.2) is 0 Å². The van der Waals surface area contributed by atoms with E-state index >= 15 is 0 Å². The average molecular weight is 600 g/mol. The molecular formula is C34H35F2N5O3. The SMILES string of the molecule is O=C(CN1C(=O)C(CC2CCCCC2)NCC1c1cc(F)cc(F)c1)Nc1ccc2c(c1)CC1(C2)C(=O)Nc2ncccc21. The molecule has 0 radical (unpaired) electrons. The van der Waals surface area contributed by atoms with Crippen LogP contribution in [0, 0.1) is 17.6 Å². The normalized spacial score (nSPS) is 24.7. The van der Waals surface area contributed by atoms with Crippen molar-refractivity contribution in [1.29, 1.82) is 0 Å². The molecule has 3 atom stereocenters. The quantitative estimate of drug-likeness (QED) is 0.378. The highest BCUT2D eigenvalue weighted by Crippen LogP contribution is 2.47. The summed E-state index contributed by atoms with van der Waals surface area (Å²) < 4.78 is 28.4. The highest BCUT2D eigenvalue weighted by atomic mass is 19.1. The van der Waals surface area contributed by atoms with Crippen LogP contribution in [0.15, 0.2) is 54.7 Å². The first-order valence-electron chi connectivity index (χ1n) is 15.5. The predicted molar refractivity (Wildman–Crippen MR) is 161 cm³/mol. The first kappa shape index (κ1) is 28.6. The Kier molecular flexibility index (Phi) is 7.40. The molecule has 1 aromatic heterocycles. The Morgan fingerprint density at radius 3 is 2.57 bits per heavy atom. The van der Waals surface area contributed by atoms with Gasteiger partial charge in [-0.1, -0.05) is 44.2 Å². The lowest BCUT2D eigenvalue weighted by atomic mass is 9.79. The molecule has 3 heterocycles. The first-order chi connectivity index (χ1) is 21.3. The monoisotopic (exact) mass is 599 g/mol. The zero-order chi connectivity index (χ0) is 30.4. The summed E-state index contributed by atoms with van der Waals surface area (Å²) in [6, 6.07) is 11.5. The number of anilines is 2. The lowest BCUT2D eigenvalue weighted by Crippen LogP contribution is -2.58. The second kappa shape index (κ2) is 11.4. The van der Waals surface area contributed by atoms with Gasteiger partial charge in [-0.05, 0) is 72.2 Å². The molecule has 2 fully saturated rings. The van der Waals surface area contributed by atoms with Crippen LogP contribution in [0.2, 0.25) is 0 Å². The molecule has 1 saturated carbocycles. The van der Waals surface area contributed by atoms with E-state index in [1.165, 1.54) is 23.5 Å². The van der Waals surface area contributed by atoms with Gasteiger partial charge in [-0.15, -0.1) is 0 Å². The fraction of sp³-hybridized carbons (Fsp3) is 0.412. The predicted octanol–water partition coefficient (Wildman–Crippen LogP) is 4.80. The highest BCUT2D eigenvalue weighted by Gasteiger charge is 2.51. The van der Waals surface area contributed by atoms with Gasteiger partial charge in [0, 0.05) is 30.1 Å². The number of pyridine rings is 1. The van der Waals surface area contributed by atoms with E-state index in [2.05, 4.69) is 20.9 Å². The van der Waals surface area contributed by atoms with E-state index in [9.17, 15) is 23.2 Å². The molecule has 228 valence electrons. The van der Waals surface area contributed by atoms with Crippen molar-refractivity contribution >= 4 is 29.2 Å². The summed E-state index contributed by atoms with van der Waals surface area (Å²) >= 11 is 0. The van der Waals surface area contributed by atoms with Crippen LogP contribution in [0.3, 0.4) is 0 Å². The Morgan fingerprint density at radius 1 is 1.00 bits per heavy atom. The molecule has 3 amide bonds. The molecule has 0 bridgehead atoms. The molecule has 1 saturated heterocycles. The minimum Gasteiger partial charge on any atom is -0.325 e. The number of benzene rings is 2. The van der Waals surface area contributed by atoms with Crippen LogP contribution in [0.25, 0.3) is 0 Å². The van der Waals surface area contributed by atoms with Crippen LogP contribution >= 0.6 is 0 Å². The molecule has 7 rings (SSSR count). The summed E-state index contributed by atoms with van der Waals surface area (Å²) in [5.74, 6) is -1.15. The first-order valence-corrected chi connectivity index (χ1v) is 15.5. The number of hydrogen-bond acceptors (Lipinski definition) is 5. The third kappa shape index (κ3) is 5.25. The molecule has 4 aliphatic rings. The van der Waals surface area contributed by atoms with E-state index in [1.54, 1.807) is 12.3 Å². The minimum absolute atomic E-state index is 0.0761. The maximum absolute atomic E-state index is 14.2. The molecule has 1 spiro atoms. The van der Waals surface area contributed by atoms with Crippen LogP contribution in [0.5, 0.6) is 0 Å². The number of piperazine rings is 1. The summed E-state index contributed by atoms with van der Waals surface area (Å²) in [5, 5.41) is 9.15. The average Bonchev–Trinajstić information content (AvgIpc) is 3.51. The van der Waals surface area contributed by atoms with Crippen LogP contribution < -0.4 is 16.0 Å². The fourth-order valence-electron chi connectivity index (χ4n) is 7.70. The number of carbonyl (C=O) groups excluding carboxylic acids is 3. The Labute approximate surface area is 254 Å². The molecule has 2 aliphatic heterocycles. The summed E-state index contributed by atoms with van der Waals surface area (Å²) in [5.41, 5.74) is 3.03. The van der Waals surface area contributed by atoms with Gasteiger partial charge < -0.3 is 20.9 Å². The minimum atomic E-state index is -0.730. The smallest absolute Gasteiger partial charge is 0.244 e. The van der Waals surface area contributed by atoms with Crippen LogP contribution in [-0.4, -0.2) is 46.7 Å². The Morgan fingerprint density at radius 2 is 1.77 bits per heavy atom. The molecular weight excluding hydrogens is 564 g/mol. The molecule has 3 unspecified atom stereocenters. The summed E-state index contributed by atoms with van der Waals surface area (Å²) in [7, 11) is 0. The number of carbonyl (C=O) groups is 3. The van der Waals surface area contributed by atoms with Crippen LogP contribution in [0.4, 0.5) is 20.3 Å². The van der Waals surface area contributed by atoms with Gasteiger partial charge in [0.1, 0.15) is 24.0 Å². The van der Waals surface area contributed by atoms with Crippen molar-refractivity contribution in [2.75, 3.05) is 23.7 Å². The summed E-state index contributed by atoms with van der Waals surface area (Å²) in [4.78, 5) is 46.1. The zero-order valence-corrected chi connectivity index (χ0v) is 24.4. The molecule has 3 aromatic rings. The molecule has 2 aromatic carbocycles. The maximum Gasteiger partial charge on any atom is 0.244 e. The maximum atomic E-state index is 14.2. The number of nitrogens with zero attached hydrogens (tertiary/aromatic N) is 2. The van der Waals surface area contributed by atoms with Gasteiger partial charge in [0.25, 0.3) is 0 Å². The van der Waals surface area contributed by atoms with E-state index in [-0.39, 0.29) is 18.4 Å². The van der Waals surface area contributed by atoms with Crippen molar-refractivity contribution in [3.8, 4) is 0 Å². The summed E-state index contributed by atoms with van der Waals surface area (Å²) in [6.07, 6.45) is 9.04. The second-order valence-corrected chi connectivity index (χ2v) is 12.7. The van der Waals surface area contributed by atoms with E-state index in [4.69, 9.17) is 0 Å². The topological polar surface area (TPSA) is 103 Å². The van der Waals surface area contributed by atoms with Crippen molar-refractivity contribution in [3.63, 3.8) is 0 Å². The number of aromatic nitrogens is 1. The molecule has 44 heavy (non-hydrogen) atoms. The van der Waals surface area contributed by atoms with Gasteiger partial charge in [-0.2, -0.15) is 0 Å². The highest BCUT2D eigenvalue weighted by molar-refractivity contribution is 6.06. The largest absolute Gasteiger partial charge is 0.325 e. The van der Waals surface area contributed by atoms with E-state index < -0.39 is 35.0 Å². The van der Waals surface area contributed by atoms with Crippen molar-refractivity contribution in [1.82, 2.24) is 15.2 Å². The third-order valence-corrected chi connectivity index (χ3v) is 9.86. The van der Waals surface area contributed by atoms with Gasteiger partial charge >= 0.3 is 0 Å². The number of fused-ring (bicyclic) bond motifs is 3. The Bertz CT molecular complexity index is 1620. The van der Waals surface area contributed by atoms with Crippen LogP contribution in [0.1, 0.15) is 66.8 Å². The molecule has 8 nitrogen and oxygen atoms in total. The Hall–Kier alpha value is -4.18. The van der Waals surface area contributed by atoms with Gasteiger partial charge in [0.05, 0.1) is 17.5 Å². The second-order valence-electron chi connectivity index (χ2n) is 12.7. The fourth-order valence-corrected chi connectivity index (χ4v) is 7.70. The lowest BCUT2D eigenvalue weighted by Gasteiger charge is -2.41. The number of nitrogens with one attached hydrogen (secondary N) is 3. The van der Waals surface area contributed by atoms with E-state index in [1.807, 2.05) is 24.3 Å². The molecule has 2 aliphatic carbocycles. The van der Waals surface area contributed by atoms with Crippen LogP contribution in [-0.2, 0) is 32.6 Å².